The lowest BCUT2D eigenvalue weighted by Gasteiger charge is -2.23. The smallest absolute Gasteiger partial charge is 0.241 e. The molecule has 0 aliphatic heterocycles. The van der Waals surface area contributed by atoms with E-state index in [9.17, 15) is 9.59 Å². The molecule has 7 nitrogen and oxygen atoms in total. The van der Waals surface area contributed by atoms with Gasteiger partial charge >= 0.3 is 0 Å². The fourth-order valence-electron chi connectivity index (χ4n) is 2.13. The lowest BCUT2D eigenvalue weighted by molar-refractivity contribution is -0.125. The average molecular weight is 340 g/mol. The largest absolute Gasteiger partial charge is 0.467 e. The number of amides is 2. The number of anilines is 1. The summed E-state index contributed by atoms with van der Waals surface area (Å²) in [6, 6.07) is 11.7. The van der Waals surface area contributed by atoms with Crippen LogP contribution in [-0.4, -0.2) is 36.3 Å². The first-order valence-corrected chi connectivity index (χ1v) is 7.80. The molecule has 130 valence electrons. The summed E-state index contributed by atoms with van der Waals surface area (Å²) >= 11 is 0. The van der Waals surface area contributed by atoms with Crippen molar-refractivity contribution in [2.75, 3.05) is 18.9 Å². The highest BCUT2D eigenvalue weighted by atomic mass is 16.3. The van der Waals surface area contributed by atoms with Crippen LogP contribution >= 0.6 is 0 Å². The second kappa shape index (κ2) is 8.66. The summed E-state index contributed by atoms with van der Waals surface area (Å²) in [4.78, 5) is 25.9. The van der Waals surface area contributed by atoms with E-state index in [4.69, 9.17) is 9.68 Å². The van der Waals surface area contributed by atoms with Crippen molar-refractivity contribution in [2.45, 2.75) is 19.5 Å². The first-order valence-electron chi connectivity index (χ1n) is 7.80. The molecule has 0 saturated carbocycles. The molecule has 25 heavy (non-hydrogen) atoms. The van der Waals surface area contributed by atoms with E-state index < -0.39 is 6.04 Å². The Morgan fingerprint density at radius 1 is 1.32 bits per heavy atom. The van der Waals surface area contributed by atoms with Gasteiger partial charge in [-0.05, 0) is 44.3 Å². The van der Waals surface area contributed by atoms with Gasteiger partial charge in [0, 0.05) is 5.69 Å². The number of hydrogen-bond donors (Lipinski definition) is 2. The molecule has 1 aromatic carbocycles. The van der Waals surface area contributed by atoms with Gasteiger partial charge in [0.05, 0.1) is 37.0 Å². The Labute approximate surface area is 146 Å². The van der Waals surface area contributed by atoms with Crippen molar-refractivity contribution in [3.05, 3.63) is 54.0 Å². The molecule has 0 aliphatic carbocycles. The maximum Gasteiger partial charge on any atom is 0.241 e. The molecule has 0 aliphatic rings. The minimum absolute atomic E-state index is 0.0769. The Hall–Kier alpha value is -3.11. The van der Waals surface area contributed by atoms with Gasteiger partial charge in [-0.1, -0.05) is 6.07 Å². The van der Waals surface area contributed by atoms with Gasteiger partial charge in [-0.25, -0.2) is 0 Å². The fraction of sp³-hybridized carbons (Fsp3) is 0.278. The highest BCUT2D eigenvalue weighted by Gasteiger charge is 2.20. The van der Waals surface area contributed by atoms with Crippen molar-refractivity contribution in [2.24, 2.45) is 0 Å². The van der Waals surface area contributed by atoms with Crippen LogP contribution in [0.5, 0.6) is 0 Å². The zero-order chi connectivity index (χ0) is 18.2. The summed E-state index contributed by atoms with van der Waals surface area (Å²) in [5.74, 6) is 0.209. The number of rotatable bonds is 7. The molecule has 7 heteroatoms. The van der Waals surface area contributed by atoms with Crippen LogP contribution in [-0.2, 0) is 16.1 Å². The van der Waals surface area contributed by atoms with Crippen molar-refractivity contribution >= 4 is 17.5 Å². The molecule has 2 aromatic rings. The molecule has 0 unspecified atom stereocenters. The van der Waals surface area contributed by atoms with Crippen molar-refractivity contribution in [1.29, 1.82) is 5.26 Å². The number of nitriles is 1. The molecule has 0 saturated heterocycles. The Kier molecular flexibility index (Phi) is 6.32. The normalized spacial score (nSPS) is 11.6. The minimum Gasteiger partial charge on any atom is -0.467 e. The molecule has 2 amide bonds. The molecule has 2 rings (SSSR count). The number of carbonyl (C=O) groups is 2. The lowest BCUT2D eigenvalue weighted by Crippen LogP contribution is -2.44. The van der Waals surface area contributed by atoms with E-state index >= 15 is 0 Å². The number of carbonyl (C=O) groups excluding carboxylic acids is 2. The van der Waals surface area contributed by atoms with E-state index in [0.717, 1.165) is 0 Å². The van der Waals surface area contributed by atoms with Crippen molar-refractivity contribution in [3.8, 4) is 6.07 Å². The summed E-state index contributed by atoms with van der Waals surface area (Å²) in [6.07, 6.45) is 1.54. The maximum atomic E-state index is 12.3. The topological polar surface area (TPSA) is 98.4 Å². The molecule has 0 spiro atoms. The molecule has 1 aromatic heterocycles. The van der Waals surface area contributed by atoms with Gasteiger partial charge in [-0.15, -0.1) is 0 Å². The van der Waals surface area contributed by atoms with Gasteiger partial charge in [0.15, 0.2) is 0 Å². The molecule has 0 fully saturated rings. The van der Waals surface area contributed by atoms with Gasteiger partial charge in [0.1, 0.15) is 5.76 Å². The van der Waals surface area contributed by atoms with E-state index in [-0.39, 0.29) is 18.4 Å². The minimum atomic E-state index is -0.514. The van der Waals surface area contributed by atoms with Gasteiger partial charge in [0.2, 0.25) is 11.8 Å². The number of nitrogens with one attached hydrogen (secondary N) is 2. The van der Waals surface area contributed by atoms with E-state index in [1.807, 2.05) is 6.07 Å². The second-order valence-corrected chi connectivity index (χ2v) is 5.63. The van der Waals surface area contributed by atoms with Crippen LogP contribution in [0, 0.1) is 11.3 Å². The SMILES string of the molecule is C[C@H](C(=O)Nc1cccc(C#N)c1)N(C)CC(=O)NCc1ccco1. The Morgan fingerprint density at radius 2 is 2.12 bits per heavy atom. The summed E-state index contributed by atoms with van der Waals surface area (Å²) < 4.78 is 5.14. The van der Waals surface area contributed by atoms with Crippen molar-refractivity contribution in [3.63, 3.8) is 0 Å². The number of benzene rings is 1. The second-order valence-electron chi connectivity index (χ2n) is 5.63. The quantitative estimate of drug-likeness (QED) is 0.800. The van der Waals surface area contributed by atoms with E-state index in [1.54, 1.807) is 61.5 Å². The summed E-state index contributed by atoms with van der Waals surface area (Å²) in [6.45, 7) is 2.10. The van der Waals surface area contributed by atoms with Crippen LogP contribution in [0.4, 0.5) is 5.69 Å². The molecule has 0 bridgehead atoms. The van der Waals surface area contributed by atoms with Gasteiger partial charge in [0.25, 0.3) is 0 Å². The van der Waals surface area contributed by atoms with Gasteiger partial charge in [-0.2, -0.15) is 5.26 Å². The summed E-state index contributed by atoms with van der Waals surface area (Å²) in [5.41, 5.74) is 1.02. The van der Waals surface area contributed by atoms with Gasteiger partial charge in [-0.3, -0.25) is 14.5 Å². The van der Waals surface area contributed by atoms with Crippen LogP contribution in [0.15, 0.2) is 47.1 Å². The average Bonchev–Trinajstić information content (AvgIpc) is 3.13. The number of furan rings is 1. The molecule has 0 radical (unpaired) electrons. The first kappa shape index (κ1) is 18.2. The summed E-state index contributed by atoms with van der Waals surface area (Å²) in [7, 11) is 1.70. The van der Waals surface area contributed by atoms with E-state index in [1.165, 1.54) is 0 Å². The molecule has 1 atom stereocenters. The number of hydrogen-bond acceptors (Lipinski definition) is 5. The standard InChI is InChI=1S/C18H20N4O3/c1-13(18(24)21-15-6-3-5-14(9-15)10-19)22(2)12-17(23)20-11-16-7-4-8-25-16/h3-9,13H,11-12H2,1-2H3,(H,20,23)(H,21,24)/t13-/m1/s1. The lowest BCUT2D eigenvalue weighted by atomic mass is 10.2. The molecule has 2 N–H and O–H groups in total. The Balaban J connectivity index is 1.83. The van der Waals surface area contributed by atoms with Gasteiger partial charge < -0.3 is 15.1 Å². The number of likely N-dealkylation sites (N-methyl/N-ethyl adjacent to an activating group) is 1. The van der Waals surface area contributed by atoms with Crippen LogP contribution in [0.3, 0.4) is 0 Å². The maximum absolute atomic E-state index is 12.3. The molecule has 1 heterocycles. The highest BCUT2D eigenvalue weighted by molar-refractivity contribution is 5.95. The molecular formula is C18H20N4O3. The van der Waals surface area contributed by atoms with Crippen LogP contribution in [0.25, 0.3) is 0 Å². The van der Waals surface area contributed by atoms with Crippen molar-refractivity contribution in [1.82, 2.24) is 10.2 Å². The Morgan fingerprint density at radius 3 is 2.80 bits per heavy atom. The fourth-order valence-corrected chi connectivity index (χ4v) is 2.13. The van der Waals surface area contributed by atoms with Crippen LogP contribution in [0.1, 0.15) is 18.2 Å². The van der Waals surface area contributed by atoms with Crippen LogP contribution < -0.4 is 10.6 Å². The number of nitrogens with zero attached hydrogens (tertiary/aromatic N) is 2. The monoisotopic (exact) mass is 340 g/mol. The predicted molar refractivity (Wildman–Crippen MR) is 92.4 cm³/mol. The zero-order valence-electron chi connectivity index (χ0n) is 14.2. The Bertz CT molecular complexity index is 765. The third-order valence-corrected chi connectivity index (χ3v) is 3.73. The molecular weight excluding hydrogens is 320 g/mol. The third-order valence-electron chi connectivity index (χ3n) is 3.73. The van der Waals surface area contributed by atoms with Crippen LogP contribution in [0.2, 0.25) is 0 Å². The summed E-state index contributed by atoms with van der Waals surface area (Å²) in [5, 5.41) is 14.4. The first-order chi connectivity index (χ1) is 12.0. The van der Waals surface area contributed by atoms with E-state index in [0.29, 0.717) is 23.6 Å². The predicted octanol–water partition coefficient (Wildman–Crippen LogP) is 1.73. The third kappa shape index (κ3) is 5.48. The highest BCUT2D eigenvalue weighted by Crippen LogP contribution is 2.11. The van der Waals surface area contributed by atoms with Crippen molar-refractivity contribution < 1.29 is 14.0 Å². The van der Waals surface area contributed by atoms with E-state index in [2.05, 4.69) is 10.6 Å². The zero-order valence-corrected chi connectivity index (χ0v) is 14.2.